The molecule has 102 valence electrons. The Labute approximate surface area is 117 Å². The van der Waals surface area contributed by atoms with Gasteiger partial charge in [-0.3, -0.25) is 14.8 Å². The molecule has 0 aromatic carbocycles. The van der Waals surface area contributed by atoms with Crippen LogP contribution in [0.25, 0.3) is 11.3 Å². The first-order chi connectivity index (χ1) is 9.75. The van der Waals surface area contributed by atoms with Crippen LogP contribution in [0.3, 0.4) is 0 Å². The van der Waals surface area contributed by atoms with Gasteiger partial charge in [0.05, 0.1) is 16.9 Å². The standard InChI is InChI=1S/C15H16N4O/c16-13-12(15(20)19-8-10-3-4-10)5-7-18-14(13)11-2-1-6-17-9-11/h1-2,5-7,9-10H,3-4,8,16H2,(H,19,20). The van der Waals surface area contributed by atoms with Crippen LogP contribution in [0.1, 0.15) is 23.2 Å². The minimum atomic E-state index is -0.137. The zero-order valence-electron chi connectivity index (χ0n) is 11.0. The molecule has 3 N–H and O–H groups in total. The van der Waals surface area contributed by atoms with Crippen molar-refractivity contribution in [3.63, 3.8) is 0 Å². The Morgan fingerprint density at radius 1 is 1.35 bits per heavy atom. The Morgan fingerprint density at radius 2 is 2.20 bits per heavy atom. The molecule has 0 atom stereocenters. The van der Waals surface area contributed by atoms with Gasteiger partial charge in [0.25, 0.3) is 5.91 Å². The van der Waals surface area contributed by atoms with Gasteiger partial charge in [-0.15, -0.1) is 0 Å². The summed E-state index contributed by atoms with van der Waals surface area (Å²) in [7, 11) is 0. The molecule has 0 spiro atoms. The van der Waals surface area contributed by atoms with Crippen molar-refractivity contribution in [2.45, 2.75) is 12.8 Å². The molecule has 20 heavy (non-hydrogen) atoms. The number of nitrogen functional groups attached to an aromatic ring is 1. The molecule has 2 aromatic heterocycles. The van der Waals surface area contributed by atoms with Crippen molar-refractivity contribution in [1.82, 2.24) is 15.3 Å². The molecule has 0 radical (unpaired) electrons. The number of carbonyl (C=O) groups is 1. The molecule has 0 unspecified atom stereocenters. The minimum absolute atomic E-state index is 0.137. The molecule has 1 fully saturated rings. The number of anilines is 1. The second-order valence-corrected chi connectivity index (χ2v) is 5.02. The molecule has 3 rings (SSSR count). The Bertz CT molecular complexity index is 623. The molecule has 1 aliphatic rings. The van der Waals surface area contributed by atoms with E-state index in [9.17, 15) is 4.79 Å². The lowest BCUT2D eigenvalue weighted by Crippen LogP contribution is -2.26. The molecule has 1 aliphatic carbocycles. The number of aromatic nitrogens is 2. The quantitative estimate of drug-likeness (QED) is 0.887. The van der Waals surface area contributed by atoms with Crippen molar-refractivity contribution in [2.75, 3.05) is 12.3 Å². The Hall–Kier alpha value is -2.43. The summed E-state index contributed by atoms with van der Waals surface area (Å²) in [6.07, 6.45) is 7.38. The number of rotatable bonds is 4. The summed E-state index contributed by atoms with van der Waals surface area (Å²) in [5, 5.41) is 2.92. The fourth-order valence-corrected chi connectivity index (χ4v) is 2.06. The zero-order valence-corrected chi connectivity index (χ0v) is 11.0. The van der Waals surface area contributed by atoms with E-state index in [-0.39, 0.29) is 5.91 Å². The van der Waals surface area contributed by atoms with E-state index in [1.54, 1.807) is 24.7 Å². The first-order valence-corrected chi connectivity index (χ1v) is 6.69. The average Bonchev–Trinajstić information content (AvgIpc) is 3.30. The van der Waals surface area contributed by atoms with Crippen molar-refractivity contribution in [1.29, 1.82) is 0 Å². The number of nitrogens with zero attached hydrogens (tertiary/aromatic N) is 2. The van der Waals surface area contributed by atoms with Crippen LogP contribution in [0.2, 0.25) is 0 Å². The van der Waals surface area contributed by atoms with Gasteiger partial charge in [-0.2, -0.15) is 0 Å². The maximum Gasteiger partial charge on any atom is 0.253 e. The summed E-state index contributed by atoms with van der Waals surface area (Å²) in [5.74, 6) is 0.502. The molecular formula is C15H16N4O. The largest absolute Gasteiger partial charge is 0.396 e. The van der Waals surface area contributed by atoms with Gasteiger partial charge in [0.15, 0.2) is 0 Å². The number of hydrogen-bond donors (Lipinski definition) is 2. The van der Waals surface area contributed by atoms with E-state index in [0.717, 1.165) is 12.1 Å². The van der Waals surface area contributed by atoms with Crippen LogP contribution in [0.4, 0.5) is 5.69 Å². The van der Waals surface area contributed by atoms with Gasteiger partial charge >= 0.3 is 0 Å². The van der Waals surface area contributed by atoms with Gasteiger partial charge in [0.1, 0.15) is 0 Å². The van der Waals surface area contributed by atoms with Gasteiger partial charge in [-0.1, -0.05) is 0 Å². The molecule has 5 nitrogen and oxygen atoms in total. The highest BCUT2D eigenvalue weighted by molar-refractivity contribution is 6.01. The van der Waals surface area contributed by atoms with Crippen LogP contribution in [-0.4, -0.2) is 22.4 Å². The van der Waals surface area contributed by atoms with Crippen LogP contribution in [0, 0.1) is 5.92 Å². The molecule has 5 heteroatoms. The predicted molar refractivity (Wildman–Crippen MR) is 76.9 cm³/mol. The summed E-state index contributed by atoms with van der Waals surface area (Å²) >= 11 is 0. The van der Waals surface area contributed by atoms with Gasteiger partial charge in [-0.05, 0) is 37.0 Å². The normalized spacial score (nSPS) is 14.0. The topological polar surface area (TPSA) is 80.9 Å². The second kappa shape index (κ2) is 5.28. The van der Waals surface area contributed by atoms with E-state index in [1.165, 1.54) is 12.8 Å². The molecule has 0 bridgehead atoms. The third-order valence-electron chi connectivity index (χ3n) is 3.42. The van der Waals surface area contributed by atoms with Gasteiger partial charge < -0.3 is 11.1 Å². The maximum atomic E-state index is 12.1. The van der Waals surface area contributed by atoms with Crippen LogP contribution >= 0.6 is 0 Å². The average molecular weight is 268 g/mol. The fraction of sp³-hybridized carbons (Fsp3) is 0.267. The van der Waals surface area contributed by atoms with E-state index in [2.05, 4.69) is 15.3 Å². The predicted octanol–water partition coefficient (Wildman–Crippen LogP) is 1.87. The van der Waals surface area contributed by atoms with Crippen molar-refractivity contribution in [2.24, 2.45) is 5.92 Å². The minimum Gasteiger partial charge on any atom is -0.396 e. The summed E-state index contributed by atoms with van der Waals surface area (Å²) in [5.41, 5.74) is 8.36. The second-order valence-electron chi connectivity index (χ2n) is 5.02. The number of hydrogen-bond acceptors (Lipinski definition) is 4. The summed E-state index contributed by atoms with van der Waals surface area (Å²) < 4.78 is 0. The first kappa shape index (κ1) is 12.6. The van der Waals surface area contributed by atoms with Gasteiger partial charge in [-0.25, -0.2) is 0 Å². The van der Waals surface area contributed by atoms with Crippen LogP contribution < -0.4 is 11.1 Å². The smallest absolute Gasteiger partial charge is 0.253 e. The van der Waals surface area contributed by atoms with Crippen LogP contribution in [0.15, 0.2) is 36.8 Å². The SMILES string of the molecule is Nc1c(C(=O)NCC2CC2)ccnc1-c1cccnc1. The summed E-state index contributed by atoms with van der Waals surface area (Å²) in [6.45, 7) is 0.725. The lowest BCUT2D eigenvalue weighted by atomic mass is 10.1. The highest BCUT2D eigenvalue weighted by atomic mass is 16.1. The number of pyridine rings is 2. The lowest BCUT2D eigenvalue weighted by molar-refractivity contribution is 0.0952. The van der Waals surface area contributed by atoms with E-state index < -0.39 is 0 Å². The Balaban J connectivity index is 1.86. The highest BCUT2D eigenvalue weighted by Gasteiger charge is 2.22. The van der Waals surface area contributed by atoms with Crippen molar-refractivity contribution in [3.05, 3.63) is 42.4 Å². The van der Waals surface area contributed by atoms with Crippen molar-refractivity contribution >= 4 is 11.6 Å². The summed E-state index contributed by atoms with van der Waals surface area (Å²) in [4.78, 5) is 20.4. The Morgan fingerprint density at radius 3 is 2.90 bits per heavy atom. The number of carbonyl (C=O) groups excluding carboxylic acids is 1. The first-order valence-electron chi connectivity index (χ1n) is 6.69. The van der Waals surface area contributed by atoms with E-state index in [4.69, 9.17) is 5.73 Å². The molecule has 0 saturated heterocycles. The molecule has 1 amide bonds. The van der Waals surface area contributed by atoms with Crippen molar-refractivity contribution < 1.29 is 4.79 Å². The van der Waals surface area contributed by atoms with Gasteiger partial charge in [0.2, 0.25) is 0 Å². The molecule has 2 aromatic rings. The summed E-state index contributed by atoms with van der Waals surface area (Å²) in [6, 6.07) is 5.34. The van der Waals surface area contributed by atoms with Crippen LogP contribution in [-0.2, 0) is 0 Å². The third-order valence-corrected chi connectivity index (χ3v) is 3.42. The monoisotopic (exact) mass is 268 g/mol. The lowest BCUT2D eigenvalue weighted by Gasteiger charge is -2.10. The zero-order chi connectivity index (χ0) is 13.9. The third kappa shape index (κ3) is 2.61. The van der Waals surface area contributed by atoms with E-state index >= 15 is 0 Å². The van der Waals surface area contributed by atoms with Crippen LogP contribution in [0.5, 0.6) is 0 Å². The van der Waals surface area contributed by atoms with Crippen molar-refractivity contribution in [3.8, 4) is 11.3 Å². The highest BCUT2D eigenvalue weighted by Crippen LogP contribution is 2.28. The Kier molecular flexibility index (Phi) is 3.33. The molecular weight excluding hydrogens is 252 g/mol. The number of nitrogens with two attached hydrogens (primary N) is 1. The maximum absolute atomic E-state index is 12.1. The van der Waals surface area contributed by atoms with Gasteiger partial charge in [0, 0.05) is 30.7 Å². The van der Waals surface area contributed by atoms with E-state index in [0.29, 0.717) is 22.9 Å². The molecule has 2 heterocycles. The fourth-order valence-electron chi connectivity index (χ4n) is 2.06. The number of amides is 1. The molecule has 0 aliphatic heterocycles. The number of nitrogens with one attached hydrogen (secondary N) is 1. The molecule has 1 saturated carbocycles. The van der Waals surface area contributed by atoms with E-state index in [1.807, 2.05) is 12.1 Å².